The summed E-state index contributed by atoms with van der Waals surface area (Å²) >= 11 is 0. The second-order valence-electron chi connectivity index (χ2n) is 2.68. The summed E-state index contributed by atoms with van der Waals surface area (Å²) in [5, 5.41) is 0.770. The molecule has 0 aromatic heterocycles. The van der Waals surface area contributed by atoms with Crippen molar-refractivity contribution in [3.05, 3.63) is 36.8 Å². The van der Waals surface area contributed by atoms with Crippen LogP contribution in [0.25, 0.3) is 0 Å². The summed E-state index contributed by atoms with van der Waals surface area (Å²) in [5.41, 5.74) is 0. The molecule has 0 amide bonds. The van der Waals surface area contributed by atoms with Crippen LogP contribution in [0.5, 0.6) is 0 Å². The van der Waals surface area contributed by atoms with Gasteiger partial charge in [-0.2, -0.15) is 8.42 Å². The van der Waals surface area contributed by atoms with E-state index < -0.39 is 10.1 Å². The Morgan fingerprint density at radius 3 is 2.00 bits per heavy atom. The highest BCUT2D eigenvalue weighted by atomic mass is 32.2. The van der Waals surface area contributed by atoms with E-state index in [0.29, 0.717) is 19.6 Å². The lowest BCUT2D eigenvalue weighted by Crippen LogP contribution is -2.23. The van der Waals surface area contributed by atoms with Gasteiger partial charge in [0.1, 0.15) is 0 Å². The van der Waals surface area contributed by atoms with Crippen molar-refractivity contribution in [2.75, 3.05) is 19.6 Å². The van der Waals surface area contributed by atoms with Crippen LogP contribution in [0, 0.1) is 0 Å². The molecule has 0 saturated carbocycles. The van der Waals surface area contributed by atoms with Gasteiger partial charge in [0, 0.05) is 19.6 Å². The Kier molecular flexibility index (Phi) is 6.11. The lowest BCUT2D eigenvalue weighted by Gasteiger charge is -2.15. The first-order valence-corrected chi connectivity index (χ1v) is 5.58. The van der Waals surface area contributed by atoms with Gasteiger partial charge in [-0.25, -0.2) is 0 Å². The van der Waals surface area contributed by atoms with E-state index in [1.807, 2.05) is 4.90 Å². The fraction of sp³-hybridized carbons (Fsp3) is 0.333. The lowest BCUT2D eigenvalue weighted by molar-refractivity contribution is 0.373. The van der Waals surface area contributed by atoms with Crippen LogP contribution in [0.15, 0.2) is 36.8 Å². The van der Waals surface area contributed by atoms with Gasteiger partial charge in [0.15, 0.2) is 0 Å². The molecule has 0 bridgehead atoms. The molecule has 5 heteroatoms. The predicted molar refractivity (Wildman–Crippen MR) is 57.5 cm³/mol. The summed E-state index contributed by atoms with van der Waals surface area (Å²) in [4.78, 5) is 1.90. The minimum atomic E-state index is -4.01. The summed E-state index contributed by atoms with van der Waals surface area (Å²) in [6.07, 6.45) is 4.80. The van der Waals surface area contributed by atoms with Gasteiger partial charge < -0.3 is 0 Å². The van der Waals surface area contributed by atoms with Crippen molar-refractivity contribution in [3.8, 4) is 0 Å². The third-order valence-electron chi connectivity index (χ3n) is 1.41. The maximum absolute atomic E-state index is 10.3. The smallest absolute Gasteiger partial charge is 0.287 e. The van der Waals surface area contributed by atoms with E-state index in [2.05, 4.69) is 13.2 Å². The van der Waals surface area contributed by atoms with E-state index in [-0.39, 0.29) is 0 Å². The maximum atomic E-state index is 10.3. The SMILES string of the molecule is C=CCN(CC=C)CC=CS(=O)(=O)O. The molecule has 0 heterocycles. The zero-order valence-electron chi connectivity index (χ0n) is 7.96. The Balaban J connectivity index is 4.11. The maximum Gasteiger partial charge on any atom is 0.287 e. The summed E-state index contributed by atoms with van der Waals surface area (Å²) < 4.78 is 29.1. The number of hydrogen-bond donors (Lipinski definition) is 1. The van der Waals surface area contributed by atoms with Gasteiger partial charge in [-0.15, -0.1) is 13.2 Å². The third kappa shape index (κ3) is 7.72. The van der Waals surface area contributed by atoms with Crippen LogP contribution in [0.4, 0.5) is 0 Å². The highest BCUT2D eigenvalue weighted by molar-refractivity contribution is 7.88. The van der Waals surface area contributed by atoms with Crippen LogP contribution in [-0.2, 0) is 10.1 Å². The Bertz CT molecular complexity index is 296. The minimum Gasteiger partial charge on any atom is -0.292 e. The average molecular weight is 217 g/mol. The molecule has 0 spiro atoms. The molecule has 0 aliphatic rings. The van der Waals surface area contributed by atoms with E-state index >= 15 is 0 Å². The van der Waals surface area contributed by atoms with Crippen LogP contribution in [0.1, 0.15) is 0 Å². The first kappa shape index (κ1) is 13.1. The molecule has 14 heavy (non-hydrogen) atoms. The molecule has 0 unspecified atom stereocenters. The van der Waals surface area contributed by atoms with Crippen LogP contribution in [0.3, 0.4) is 0 Å². The molecule has 0 fully saturated rings. The van der Waals surface area contributed by atoms with E-state index in [1.165, 1.54) is 6.08 Å². The van der Waals surface area contributed by atoms with E-state index in [9.17, 15) is 8.42 Å². The summed E-state index contributed by atoms with van der Waals surface area (Å²) in [7, 11) is -4.01. The van der Waals surface area contributed by atoms with Gasteiger partial charge in [-0.1, -0.05) is 18.2 Å². The number of rotatable bonds is 7. The third-order valence-corrected chi connectivity index (χ3v) is 1.94. The largest absolute Gasteiger partial charge is 0.292 e. The molecular formula is C9H15NO3S. The Morgan fingerprint density at radius 1 is 1.14 bits per heavy atom. The molecule has 4 nitrogen and oxygen atoms in total. The summed E-state index contributed by atoms with van der Waals surface area (Å²) in [5.74, 6) is 0. The van der Waals surface area contributed by atoms with Crippen molar-refractivity contribution in [1.82, 2.24) is 4.90 Å². The van der Waals surface area contributed by atoms with Gasteiger partial charge in [0.05, 0.1) is 5.41 Å². The van der Waals surface area contributed by atoms with Crippen molar-refractivity contribution in [1.29, 1.82) is 0 Å². The number of nitrogens with zero attached hydrogens (tertiary/aromatic N) is 1. The zero-order chi connectivity index (χ0) is 11.0. The quantitative estimate of drug-likeness (QED) is 0.512. The zero-order valence-corrected chi connectivity index (χ0v) is 8.78. The molecule has 0 atom stereocenters. The summed E-state index contributed by atoms with van der Waals surface area (Å²) in [6.45, 7) is 8.85. The minimum absolute atomic E-state index is 0.428. The number of hydrogen-bond acceptors (Lipinski definition) is 3. The monoisotopic (exact) mass is 217 g/mol. The Morgan fingerprint density at radius 2 is 1.64 bits per heavy atom. The standard InChI is InChI=1S/C9H15NO3S/c1-3-6-10(7-4-2)8-5-9-14(11,12)13/h3-5,9H,1-2,6-8H2,(H,11,12,13). The molecule has 80 valence electrons. The topological polar surface area (TPSA) is 57.6 Å². The summed E-state index contributed by atoms with van der Waals surface area (Å²) in [6, 6.07) is 0. The van der Waals surface area contributed by atoms with Gasteiger partial charge in [0.2, 0.25) is 0 Å². The highest BCUT2D eigenvalue weighted by Crippen LogP contribution is 1.92. The molecule has 0 rings (SSSR count). The molecule has 0 aromatic carbocycles. The molecule has 1 N–H and O–H groups in total. The molecule has 0 aliphatic carbocycles. The molecule has 0 saturated heterocycles. The van der Waals surface area contributed by atoms with Gasteiger partial charge >= 0.3 is 0 Å². The van der Waals surface area contributed by atoms with Crippen molar-refractivity contribution in [2.45, 2.75) is 0 Å². The van der Waals surface area contributed by atoms with E-state index in [4.69, 9.17) is 4.55 Å². The molecule has 0 radical (unpaired) electrons. The molecular weight excluding hydrogens is 202 g/mol. The van der Waals surface area contributed by atoms with E-state index in [0.717, 1.165) is 5.41 Å². The van der Waals surface area contributed by atoms with E-state index in [1.54, 1.807) is 12.2 Å². The fourth-order valence-corrected chi connectivity index (χ4v) is 1.23. The lowest BCUT2D eigenvalue weighted by atomic mass is 10.4. The molecule has 0 aromatic rings. The fourth-order valence-electron chi connectivity index (χ4n) is 0.902. The first-order valence-electron chi connectivity index (χ1n) is 4.07. The van der Waals surface area contributed by atoms with Crippen LogP contribution < -0.4 is 0 Å². The van der Waals surface area contributed by atoms with Crippen molar-refractivity contribution in [2.24, 2.45) is 0 Å². The second-order valence-corrected chi connectivity index (χ2v) is 3.98. The van der Waals surface area contributed by atoms with Crippen LogP contribution >= 0.6 is 0 Å². The van der Waals surface area contributed by atoms with Crippen LogP contribution in [-0.4, -0.2) is 37.5 Å². The van der Waals surface area contributed by atoms with Gasteiger partial charge in [0.25, 0.3) is 10.1 Å². The van der Waals surface area contributed by atoms with Crippen molar-refractivity contribution >= 4 is 10.1 Å². The normalized spacial score (nSPS) is 12.1. The van der Waals surface area contributed by atoms with Crippen molar-refractivity contribution < 1.29 is 13.0 Å². The van der Waals surface area contributed by atoms with Crippen molar-refractivity contribution in [3.63, 3.8) is 0 Å². The highest BCUT2D eigenvalue weighted by Gasteiger charge is 1.99. The van der Waals surface area contributed by atoms with Gasteiger partial charge in [-0.3, -0.25) is 9.45 Å². The van der Waals surface area contributed by atoms with Crippen LogP contribution in [0.2, 0.25) is 0 Å². The van der Waals surface area contributed by atoms with Gasteiger partial charge in [-0.05, 0) is 0 Å². The Labute approximate surface area is 85.0 Å². The molecule has 0 aliphatic heterocycles. The second kappa shape index (κ2) is 6.53. The Hall–Kier alpha value is -0.910. The average Bonchev–Trinajstić information content (AvgIpc) is 2.02. The first-order chi connectivity index (χ1) is 6.49. The predicted octanol–water partition coefficient (Wildman–Crippen LogP) is 1.06.